The Morgan fingerprint density at radius 3 is 2.66 bits per heavy atom. The Hall–Kier alpha value is -1.95. The molecular weight excluding hydrogens is 539 g/mol. The zero-order valence-corrected chi connectivity index (χ0v) is 22.7. The number of guanidine groups is 1. The number of ether oxygens (including phenoxy) is 1. The zero-order chi connectivity index (χ0) is 22.7. The van der Waals surface area contributed by atoms with Gasteiger partial charge in [0.15, 0.2) is 5.96 Å². The van der Waals surface area contributed by atoms with Crippen LogP contribution in [0.25, 0.3) is 0 Å². The van der Waals surface area contributed by atoms with E-state index in [2.05, 4.69) is 25.6 Å². The van der Waals surface area contributed by atoms with E-state index in [-0.39, 0.29) is 30.1 Å². The lowest BCUT2D eigenvalue weighted by Gasteiger charge is -2.27. The van der Waals surface area contributed by atoms with Gasteiger partial charge in [0.1, 0.15) is 10.6 Å². The maximum atomic E-state index is 12.7. The fourth-order valence-corrected chi connectivity index (χ4v) is 3.42. The minimum atomic E-state index is -0.540. The Morgan fingerprint density at radius 2 is 2.06 bits per heavy atom. The molecule has 0 spiro atoms. The predicted molar refractivity (Wildman–Crippen MR) is 141 cm³/mol. The van der Waals surface area contributed by atoms with Crippen LogP contribution in [0.2, 0.25) is 0 Å². The number of halogens is 1. The predicted octanol–water partition coefficient (Wildman–Crippen LogP) is 4.35. The van der Waals surface area contributed by atoms with Gasteiger partial charge in [-0.3, -0.25) is 4.98 Å². The van der Waals surface area contributed by atoms with Crippen LogP contribution in [0.4, 0.5) is 4.79 Å². The number of pyridine rings is 1. The highest BCUT2D eigenvalue weighted by Gasteiger charge is 2.22. The molecule has 2 aromatic rings. The summed E-state index contributed by atoms with van der Waals surface area (Å²) in [5.74, 6) is 0.742. The number of carbonyl (C=O) groups is 1. The van der Waals surface area contributed by atoms with E-state index in [1.165, 1.54) is 4.88 Å². The number of hydrogen-bond donors (Lipinski definition) is 2. The van der Waals surface area contributed by atoms with Crippen LogP contribution < -0.4 is 10.6 Å². The van der Waals surface area contributed by atoms with E-state index in [1.807, 2.05) is 52.9 Å². The average Bonchev–Trinajstić information content (AvgIpc) is 3.13. The van der Waals surface area contributed by atoms with Crippen molar-refractivity contribution < 1.29 is 9.53 Å². The molecule has 0 aliphatic rings. The van der Waals surface area contributed by atoms with Crippen molar-refractivity contribution in [3.63, 3.8) is 0 Å². The molecule has 0 fully saturated rings. The molecule has 0 bridgehead atoms. The molecule has 0 atom stereocenters. The van der Waals surface area contributed by atoms with Crippen LogP contribution in [0.5, 0.6) is 0 Å². The van der Waals surface area contributed by atoms with Crippen LogP contribution in [0, 0.1) is 6.92 Å². The van der Waals surface area contributed by atoms with Gasteiger partial charge in [-0.1, -0.05) is 6.07 Å². The number of carbonyl (C=O) groups excluding carboxylic acids is 1. The number of nitrogens with zero attached hydrogens (tertiary/aromatic N) is 4. The van der Waals surface area contributed by atoms with Crippen molar-refractivity contribution in [2.75, 3.05) is 19.6 Å². The Balaban J connectivity index is 0.00000512. The smallest absolute Gasteiger partial charge is 0.410 e. The van der Waals surface area contributed by atoms with E-state index in [0.717, 1.165) is 29.5 Å². The molecule has 0 saturated heterocycles. The largest absolute Gasteiger partial charge is 0.444 e. The number of hydrogen-bond acceptors (Lipinski definition) is 6. The summed E-state index contributed by atoms with van der Waals surface area (Å²) in [4.78, 5) is 28.7. The van der Waals surface area contributed by atoms with Crippen molar-refractivity contribution in [3.05, 3.63) is 46.2 Å². The number of aliphatic imine (C=N–C) groups is 1. The van der Waals surface area contributed by atoms with Crippen LogP contribution in [0.1, 0.15) is 49.6 Å². The molecule has 10 heteroatoms. The lowest BCUT2D eigenvalue weighted by molar-refractivity contribution is 0.0232. The third-order valence-electron chi connectivity index (χ3n) is 4.03. The van der Waals surface area contributed by atoms with E-state index < -0.39 is 5.60 Å². The summed E-state index contributed by atoms with van der Waals surface area (Å²) >= 11 is 1.65. The van der Waals surface area contributed by atoms with E-state index >= 15 is 0 Å². The molecule has 32 heavy (non-hydrogen) atoms. The number of rotatable bonds is 9. The monoisotopic (exact) mass is 574 g/mol. The molecule has 0 aliphatic heterocycles. The summed E-state index contributed by atoms with van der Waals surface area (Å²) in [7, 11) is 0. The molecule has 178 valence electrons. The average molecular weight is 575 g/mol. The third-order valence-corrected chi connectivity index (χ3v) is 4.93. The van der Waals surface area contributed by atoms with Gasteiger partial charge in [0.05, 0.1) is 13.1 Å². The SMILES string of the molecule is CCNC(=NCc1ncc(C)s1)NCCCN(Cc1cccnc1)C(=O)OC(C)(C)C.I. The lowest BCUT2D eigenvalue weighted by atomic mass is 10.2. The van der Waals surface area contributed by atoms with Gasteiger partial charge in [0.25, 0.3) is 0 Å². The van der Waals surface area contributed by atoms with Crippen LogP contribution in [0.15, 0.2) is 35.7 Å². The van der Waals surface area contributed by atoms with Crippen molar-refractivity contribution in [3.8, 4) is 0 Å². The normalized spacial score (nSPS) is 11.5. The van der Waals surface area contributed by atoms with E-state index in [1.54, 1.807) is 28.6 Å². The number of amides is 1. The molecule has 0 saturated carbocycles. The molecule has 8 nitrogen and oxygen atoms in total. The van der Waals surface area contributed by atoms with Gasteiger partial charge >= 0.3 is 6.09 Å². The van der Waals surface area contributed by atoms with E-state index in [0.29, 0.717) is 26.2 Å². The maximum absolute atomic E-state index is 12.7. The third kappa shape index (κ3) is 11.1. The fraction of sp³-hybridized carbons (Fsp3) is 0.545. The summed E-state index contributed by atoms with van der Waals surface area (Å²) in [6.45, 7) is 12.7. The van der Waals surface area contributed by atoms with Gasteiger partial charge in [-0.2, -0.15) is 0 Å². The molecule has 0 radical (unpaired) electrons. The fourth-order valence-electron chi connectivity index (χ4n) is 2.71. The first-order valence-electron chi connectivity index (χ1n) is 10.6. The summed E-state index contributed by atoms with van der Waals surface area (Å²) in [6.07, 6.45) is 5.78. The Kier molecular flexibility index (Phi) is 12.5. The molecule has 2 N–H and O–H groups in total. The Morgan fingerprint density at radius 1 is 1.28 bits per heavy atom. The van der Waals surface area contributed by atoms with Gasteiger partial charge in [-0.25, -0.2) is 14.8 Å². The first-order chi connectivity index (χ1) is 14.8. The van der Waals surface area contributed by atoms with Gasteiger partial charge < -0.3 is 20.3 Å². The van der Waals surface area contributed by atoms with Gasteiger partial charge in [0, 0.05) is 43.1 Å². The molecule has 0 aliphatic carbocycles. The minimum absolute atomic E-state index is 0. The van der Waals surface area contributed by atoms with Crippen LogP contribution in [-0.2, 0) is 17.8 Å². The van der Waals surface area contributed by atoms with Gasteiger partial charge in [0.2, 0.25) is 0 Å². The summed E-state index contributed by atoms with van der Waals surface area (Å²) in [6, 6.07) is 3.83. The summed E-state index contributed by atoms with van der Waals surface area (Å²) in [5, 5.41) is 7.56. The second-order valence-corrected chi connectivity index (χ2v) is 9.42. The van der Waals surface area contributed by atoms with Crippen molar-refractivity contribution in [2.24, 2.45) is 4.99 Å². The lowest BCUT2D eigenvalue weighted by Crippen LogP contribution is -2.40. The highest BCUT2D eigenvalue weighted by atomic mass is 127. The second-order valence-electron chi connectivity index (χ2n) is 8.10. The van der Waals surface area contributed by atoms with Crippen LogP contribution in [0.3, 0.4) is 0 Å². The topological polar surface area (TPSA) is 91.7 Å². The van der Waals surface area contributed by atoms with Crippen LogP contribution >= 0.6 is 35.3 Å². The number of aromatic nitrogens is 2. The molecular formula is C22H35IN6O2S. The first-order valence-corrected chi connectivity index (χ1v) is 11.4. The van der Waals surface area contributed by atoms with Crippen molar-refractivity contribution in [1.29, 1.82) is 0 Å². The second kappa shape index (κ2) is 14.2. The first kappa shape index (κ1) is 28.1. The number of thiazole rings is 1. The molecule has 2 aromatic heterocycles. The Bertz CT molecular complexity index is 838. The highest BCUT2D eigenvalue weighted by molar-refractivity contribution is 14.0. The highest BCUT2D eigenvalue weighted by Crippen LogP contribution is 2.13. The van der Waals surface area contributed by atoms with E-state index in [9.17, 15) is 4.79 Å². The number of aryl methyl sites for hydroxylation is 1. The van der Waals surface area contributed by atoms with Crippen molar-refractivity contribution in [2.45, 2.75) is 59.7 Å². The summed E-state index contributed by atoms with van der Waals surface area (Å²) < 4.78 is 5.58. The van der Waals surface area contributed by atoms with Gasteiger partial charge in [-0.15, -0.1) is 35.3 Å². The molecule has 0 aromatic carbocycles. The standard InChI is InChI=1S/C22H34N6O2S.HI/c1-6-24-20(27-15-19-26-13-17(2)31-19)25-11-8-12-28(21(29)30-22(3,4)5)16-18-9-7-10-23-14-18;/h7,9-10,13-14H,6,8,11-12,15-16H2,1-5H3,(H2,24,25,27);1H. The van der Waals surface area contributed by atoms with Gasteiger partial charge in [-0.05, 0) is 52.7 Å². The van der Waals surface area contributed by atoms with Crippen LogP contribution in [-0.4, -0.2) is 52.2 Å². The Labute approximate surface area is 212 Å². The zero-order valence-electron chi connectivity index (χ0n) is 19.6. The van der Waals surface area contributed by atoms with Crippen molar-refractivity contribution >= 4 is 47.4 Å². The van der Waals surface area contributed by atoms with E-state index in [4.69, 9.17) is 4.74 Å². The molecule has 2 rings (SSSR count). The minimum Gasteiger partial charge on any atom is -0.444 e. The molecule has 2 heterocycles. The maximum Gasteiger partial charge on any atom is 0.410 e. The summed E-state index contributed by atoms with van der Waals surface area (Å²) in [5.41, 5.74) is 0.427. The van der Waals surface area contributed by atoms with Crippen molar-refractivity contribution in [1.82, 2.24) is 25.5 Å². The number of nitrogens with one attached hydrogen (secondary N) is 2. The quantitative estimate of drug-likeness (QED) is 0.200. The molecule has 1 amide bonds. The molecule has 0 unspecified atom stereocenters.